The van der Waals surface area contributed by atoms with E-state index in [1.54, 1.807) is 51.1 Å². The van der Waals surface area contributed by atoms with Gasteiger partial charge in [-0.15, -0.1) is 0 Å². The van der Waals surface area contributed by atoms with Crippen molar-refractivity contribution in [1.29, 1.82) is 0 Å². The van der Waals surface area contributed by atoms with Gasteiger partial charge in [-0.3, -0.25) is 19.3 Å². The Morgan fingerprint density at radius 2 is 1.76 bits per heavy atom. The first-order valence-corrected chi connectivity index (χ1v) is 14.3. The number of ether oxygens (including phenoxy) is 2. The van der Waals surface area contributed by atoms with Crippen molar-refractivity contribution < 1.29 is 32.3 Å². The van der Waals surface area contributed by atoms with Crippen molar-refractivity contribution in [3.63, 3.8) is 0 Å². The van der Waals surface area contributed by atoms with Crippen LogP contribution in [0.4, 0.5) is 5.69 Å². The molecule has 9 nitrogen and oxygen atoms in total. The third kappa shape index (κ3) is 5.79. The molecule has 0 unspecified atom stereocenters. The zero-order valence-corrected chi connectivity index (χ0v) is 22.7. The van der Waals surface area contributed by atoms with Gasteiger partial charge in [0, 0.05) is 12.2 Å². The van der Waals surface area contributed by atoms with Crippen LogP contribution in [-0.4, -0.2) is 56.3 Å². The van der Waals surface area contributed by atoms with Crippen LogP contribution in [0.15, 0.2) is 30.3 Å². The molecule has 0 fully saturated rings. The van der Waals surface area contributed by atoms with Crippen LogP contribution in [0.1, 0.15) is 78.4 Å². The summed E-state index contributed by atoms with van der Waals surface area (Å²) in [6.45, 7) is 7.47. The molecule has 0 aromatic heterocycles. The average molecular weight is 531 g/mol. The third-order valence-corrected chi connectivity index (χ3v) is 8.10. The lowest BCUT2D eigenvalue weighted by Crippen LogP contribution is -2.38. The first kappa shape index (κ1) is 28.2. The zero-order chi connectivity index (χ0) is 27.3. The lowest BCUT2D eigenvalue weighted by molar-refractivity contribution is -0.115. The van der Waals surface area contributed by atoms with Gasteiger partial charge in [0.25, 0.3) is 11.8 Å². The van der Waals surface area contributed by atoms with E-state index in [1.807, 2.05) is 6.92 Å². The number of benzene rings is 2. The molecule has 1 atom stereocenters. The van der Waals surface area contributed by atoms with Gasteiger partial charge in [-0.05, 0) is 49.1 Å². The van der Waals surface area contributed by atoms with E-state index >= 15 is 0 Å². The maximum atomic E-state index is 13.9. The first-order chi connectivity index (χ1) is 17.6. The number of nitrogens with zero attached hydrogens (tertiary/aromatic N) is 1. The molecule has 3 amide bonds. The second-order valence-electron chi connectivity index (χ2n) is 8.73. The SMILES string of the molecule is CCCS(=O)(=O)C[C@H](c1ccc(OC)c(OCC)c1)N1C(=O)c2ccc(CC)c(NC(=O)CC)c2C1=O. The highest BCUT2D eigenvalue weighted by Crippen LogP contribution is 2.40. The van der Waals surface area contributed by atoms with Crippen molar-refractivity contribution >= 4 is 33.2 Å². The van der Waals surface area contributed by atoms with Crippen molar-refractivity contribution in [2.75, 3.05) is 30.5 Å². The summed E-state index contributed by atoms with van der Waals surface area (Å²) in [6, 6.07) is 7.03. The number of carbonyl (C=O) groups excluding carboxylic acids is 3. The summed E-state index contributed by atoms with van der Waals surface area (Å²) < 4.78 is 37.0. The van der Waals surface area contributed by atoms with Gasteiger partial charge in [-0.25, -0.2) is 8.42 Å². The topological polar surface area (TPSA) is 119 Å². The molecule has 0 aliphatic carbocycles. The number of amides is 3. The maximum absolute atomic E-state index is 13.9. The highest BCUT2D eigenvalue weighted by molar-refractivity contribution is 7.91. The van der Waals surface area contributed by atoms with Crippen molar-refractivity contribution in [3.8, 4) is 11.5 Å². The number of nitrogens with one attached hydrogen (secondary N) is 1. The normalized spacial score (nSPS) is 13.9. The number of hydrogen-bond donors (Lipinski definition) is 1. The van der Waals surface area contributed by atoms with Gasteiger partial charge >= 0.3 is 0 Å². The predicted molar refractivity (Wildman–Crippen MR) is 141 cm³/mol. The van der Waals surface area contributed by atoms with Crippen molar-refractivity contribution in [3.05, 3.63) is 52.6 Å². The van der Waals surface area contributed by atoms with E-state index in [0.29, 0.717) is 47.8 Å². The largest absolute Gasteiger partial charge is 0.493 e. The van der Waals surface area contributed by atoms with Crippen LogP contribution >= 0.6 is 0 Å². The van der Waals surface area contributed by atoms with E-state index in [1.165, 1.54) is 7.11 Å². The van der Waals surface area contributed by atoms with Gasteiger partial charge in [0.2, 0.25) is 5.91 Å². The predicted octanol–water partition coefficient (Wildman–Crippen LogP) is 4.17. The highest BCUT2D eigenvalue weighted by Gasteiger charge is 2.44. The number of aryl methyl sites for hydroxylation is 1. The lowest BCUT2D eigenvalue weighted by atomic mass is 10.0. The minimum Gasteiger partial charge on any atom is -0.493 e. The fourth-order valence-corrected chi connectivity index (χ4v) is 6.07. The summed E-state index contributed by atoms with van der Waals surface area (Å²) in [4.78, 5) is 40.8. The Morgan fingerprint density at radius 1 is 1.03 bits per heavy atom. The molecule has 2 aromatic carbocycles. The van der Waals surface area contributed by atoms with Crippen molar-refractivity contribution in [2.45, 2.75) is 53.0 Å². The molecule has 200 valence electrons. The molecule has 0 saturated carbocycles. The van der Waals surface area contributed by atoms with E-state index in [4.69, 9.17) is 9.47 Å². The average Bonchev–Trinajstić information content (AvgIpc) is 3.12. The summed E-state index contributed by atoms with van der Waals surface area (Å²) in [5.74, 6) is -1.26. The third-order valence-electron chi connectivity index (χ3n) is 6.25. The number of rotatable bonds is 12. The number of anilines is 1. The highest BCUT2D eigenvalue weighted by atomic mass is 32.2. The summed E-state index contributed by atoms with van der Waals surface area (Å²) >= 11 is 0. The molecule has 1 aliphatic heterocycles. The number of imide groups is 1. The molecule has 1 N–H and O–H groups in total. The number of sulfone groups is 1. The lowest BCUT2D eigenvalue weighted by Gasteiger charge is -2.27. The van der Waals surface area contributed by atoms with Gasteiger partial charge in [-0.1, -0.05) is 32.9 Å². The minimum absolute atomic E-state index is 0.0844. The number of carbonyl (C=O) groups is 3. The Labute approximate surface area is 218 Å². The molecule has 2 aromatic rings. The Bertz CT molecular complexity index is 1300. The molecule has 10 heteroatoms. The Morgan fingerprint density at radius 3 is 2.35 bits per heavy atom. The molecule has 0 radical (unpaired) electrons. The summed E-state index contributed by atoms with van der Waals surface area (Å²) in [5, 5.41) is 2.78. The molecule has 1 aliphatic rings. The van der Waals surface area contributed by atoms with Crippen LogP contribution in [0.25, 0.3) is 0 Å². The van der Waals surface area contributed by atoms with Gasteiger partial charge in [0.1, 0.15) is 0 Å². The second kappa shape index (κ2) is 11.8. The molecule has 3 rings (SSSR count). The van der Waals surface area contributed by atoms with E-state index in [2.05, 4.69) is 5.32 Å². The number of fused-ring (bicyclic) bond motifs is 1. The molecule has 1 heterocycles. The minimum atomic E-state index is -3.63. The fraction of sp³-hybridized carbons (Fsp3) is 0.444. The van der Waals surface area contributed by atoms with Crippen LogP contribution in [0.5, 0.6) is 11.5 Å². The van der Waals surface area contributed by atoms with Crippen LogP contribution < -0.4 is 14.8 Å². The summed E-state index contributed by atoms with van der Waals surface area (Å²) in [7, 11) is -2.14. The number of hydrogen-bond acceptors (Lipinski definition) is 7. The summed E-state index contributed by atoms with van der Waals surface area (Å²) in [5.41, 5.74) is 1.65. The van der Waals surface area contributed by atoms with Crippen LogP contribution in [0, 0.1) is 0 Å². The molecule has 0 bridgehead atoms. The molecule has 0 saturated heterocycles. The van der Waals surface area contributed by atoms with E-state index in [-0.39, 0.29) is 29.2 Å². The molecule has 37 heavy (non-hydrogen) atoms. The van der Waals surface area contributed by atoms with Gasteiger partial charge < -0.3 is 14.8 Å². The Balaban J connectivity index is 2.18. The molecular weight excluding hydrogens is 496 g/mol. The Hall–Kier alpha value is -3.40. The van der Waals surface area contributed by atoms with E-state index < -0.39 is 33.4 Å². The van der Waals surface area contributed by atoms with Crippen LogP contribution in [0.3, 0.4) is 0 Å². The fourth-order valence-electron chi connectivity index (χ4n) is 4.46. The standard InChI is InChI=1S/C27H34N2O7S/c1-6-14-37(33,34)16-20(18-11-13-21(35-5)22(15-18)36-9-4)29-26(31)19-12-10-17(7-2)25(24(19)27(29)32)28-23(30)8-3/h10-13,15,20H,6-9,14,16H2,1-5H3,(H,28,30)/t20-/m1/s1. The smallest absolute Gasteiger partial charge is 0.264 e. The molecule has 0 spiro atoms. The molecular formula is C27H34N2O7S. The quantitative estimate of drug-likeness (QED) is 0.409. The maximum Gasteiger partial charge on any atom is 0.264 e. The summed E-state index contributed by atoms with van der Waals surface area (Å²) in [6.07, 6.45) is 1.12. The van der Waals surface area contributed by atoms with Crippen LogP contribution in [-0.2, 0) is 21.1 Å². The van der Waals surface area contributed by atoms with Gasteiger partial charge in [0.05, 0.1) is 42.3 Å². The van der Waals surface area contributed by atoms with E-state index in [9.17, 15) is 22.8 Å². The van der Waals surface area contributed by atoms with Gasteiger partial charge in [0.15, 0.2) is 21.3 Å². The monoisotopic (exact) mass is 530 g/mol. The van der Waals surface area contributed by atoms with E-state index in [0.717, 1.165) is 4.90 Å². The van der Waals surface area contributed by atoms with Gasteiger partial charge in [-0.2, -0.15) is 0 Å². The second-order valence-corrected chi connectivity index (χ2v) is 11.0. The van der Waals surface area contributed by atoms with Crippen molar-refractivity contribution in [2.24, 2.45) is 0 Å². The van der Waals surface area contributed by atoms with Crippen LogP contribution in [0.2, 0.25) is 0 Å². The Kier molecular flexibility index (Phi) is 8.96. The first-order valence-electron chi connectivity index (χ1n) is 12.5. The number of methoxy groups -OCH3 is 1. The zero-order valence-electron chi connectivity index (χ0n) is 21.9. The van der Waals surface area contributed by atoms with Crippen molar-refractivity contribution in [1.82, 2.24) is 4.90 Å².